The Kier molecular flexibility index (Phi) is 5.06. The van der Waals surface area contributed by atoms with Gasteiger partial charge in [0.05, 0.1) is 12.0 Å². The molecule has 25 heavy (non-hydrogen) atoms. The van der Waals surface area contributed by atoms with Crippen molar-refractivity contribution in [2.75, 3.05) is 19.6 Å². The van der Waals surface area contributed by atoms with Crippen molar-refractivity contribution in [3.8, 4) is 0 Å². The third-order valence-corrected chi connectivity index (χ3v) is 5.47. The summed E-state index contributed by atoms with van der Waals surface area (Å²) in [6.45, 7) is 3.55. The van der Waals surface area contributed by atoms with Crippen LogP contribution in [0.2, 0.25) is 0 Å². The number of rotatable bonds is 4. The molecule has 2 unspecified atom stereocenters. The van der Waals surface area contributed by atoms with E-state index in [1.54, 1.807) is 9.80 Å². The number of primary amides is 1. The average molecular weight is 343 g/mol. The maximum Gasteiger partial charge on any atom is 0.227 e. The lowest BCUT2D eigenvalue weighted by atomic mass is 9.95. The minimum absolute atomic E-state index is 0.0269. The van der Waals surface area contributed by atoms with Crippen molar-refractivity contribution < 1.29 is 14.4 Å². The van der Waals surface area contributed by atoms with E-state index in [9.17, 15) is 14.4 Å². The van der Waals surface area contributed by atoms with Gasteiger partial charge in [0.25, 0.3) is 0 Å². The van der Waals surface area contributed by atoms with E-state index >= 15 is 0 Å². The summed E-state index contributed by atoms with van der Waals surface area (Å²) in [4.78, 5) is 40.0. The van der Waals surface area contributed by atoms with E-state index in [-0.39, 0.29) is 42.0 Å². The lowest BCUT2D eigenvalue weighted by molar-refractivity contribution is -0.138. The van der Waals surface area contributed by atoms with Crippen LogP contribution in [0.1, 0.15) is 37.8 Å². The fourth-order valence-corrected chi connectivity index (χ4v) is 3.83. The molecule has 6 heteroatoms. The maximum absolute atomic E-state index is 12.8. The smallest absolute Gasteiger partial charge is 0.227 e. The Hall–Kier alpha value is -2.37. The van der Waals surface area contributed by atoms with Crippen molar-refractivity contribution in [1.29, 1.82) is 0 Å². The number of nitrogens with two attached hydrogens (primary N) is 1. The zero-order valence-corrected chi connectivity index (χ0v) is 14.6. The summed E-state index contributed by atoms with van der Waals surface area (Å²) in [5.41, 5.74) is 6.42. The van der Waals surface area contributed by atoms with Crippen LogP contribution >= 0.6 is 0 Å². The number of nitrogens with zero attached hydrogens (tertiary/aromatic N) is 2. The maximum atomic E-state index is 12.8. The number of hydrogen-bond acceptors (Lipinski definition) is 3. The number of benzene rings is 1. The highest BCUT2D eigenvalue weighted by atomic mass is 16.2. The Bertz CT molecular complexity index is 653. The predicted molar refractivity (Wildman–Crippen MR) is 93.2 cm³/mol. The molecule has 0 aliphatic carbocycles. The number of likely N-dealkylation sites (tertiary alicyclic amines) is 2. The van der Waals surface area contributed by atoms with Gasteiger partial charge in [-0.1, -0.05) is 30.3 Å². The van der Waals surface area contributed by atoms with E-state index in [2.05, 4.69) is 0 Å². The van der Waals surface area contributed by atoms with Crippen molar-refractivity contribution in [1.82, 2.24) is 9.80 Å². The summed E-state index contributed by atoms with van der Waals surface area (Å²) in [5.74, 6) is -0.653. The van der Waals surface area contributed by atoms with Crippen molar-refractivity contribution in [2.24, 2.45) is 17.6 Å². The standard InChI is InChI=1S/C19H25N3O3/c1-13(14-5-3-2-4-6-14)22-12-16(11-17(22)23)19(25)21-9-7-15(8-10-21)18(20)24/h2-6,13,15-16H,7-12H2,1H3,(H2,20,24). The number of hydrogen-bond donors (Lipinski definition) is 1. The van der Waals surface area contributed by atoms with Crippen LogP contribution in [-0.4, -0.2) is 47.2 Å². The van der Waals surface area contributed by atoms with E-state index < -0.39 is 0 Å². The van der Waals surface area contributed by atoms with Gasteiger partial charge in [-0.3, -0.25) is 14.4 Å². The predicted octanol–water partition coefficient (Wildman–Crippen LogP) is 1.32. The molecule has 1 aromatic carbocycles. The van der Waals surface area contributed by atoms with E-state index in [0.29, 0.717) is 32.5 Å². The fourth-order valence-electron chi connectivity index (χ4n) is 3.83. The molecule has 2 aliphatic rings. The molecule has 1 aromatic rings. The van der Waals surface area contributed by atoms with E-state index in [1.165, 1.54) is 0 Å². The lowest BCUT2D eigenvalue weighted by Gasteiger charge is -2.32. The van der Waals surface area contributed by atoms with E-state index in [4.69, 9.17) is 5.73 Å². The van der Waals surface area contributed by atoms with Crippen molar-refractivity contribution in [2.45, 2.75) is 32.2 Å². The summed E-state index contributed by atoms with van der Waals surface area (Å²) in [5, 5.41) is 0. The molecule has 2 atom stereocenters. The van der Waals surface area contributed by atoms with Crippen LogP contribution < -0.4 is 5.73 Å². The van der Waals surface area contributed by atoms with Gasteiger partial charge in [-0.25, -0.2) is 0 Å². The Morgan fingerprint density at radius 2 is 1.76 bits per heavy atom. The summed E-state index contributed by atoms with van der Waals surface area (Å²) < 4.78 is 0. The monoisotopic (exact) mass is 343 g/mol. The Balaban J connectivity index is 1.61. The van der Waals surface area contributed by atoms with Gasteiger partial charge in [0.15, 0.2) is 0 Å². The van der Waals surface area contributed by atoms with Crippen molar-refractivity contribution in [3.05, 3.63) is 35.9 Å². The molecule has 3 rings (SSSR count). The molecule has 2 aliphatic heterocycles. The van der Waals surface area contributed by atoms with Crippen LogP contribution in [0, 0.1) is 11.8 Å². The zero-order chi connectivity index (χ0) is 18.0. The first-order chi connectivity index (χ1) is 12.0. The Morgan fingerprint density at radius 1 is 1.12 bits per heavy atom. The highest BCUT2D eigenvalue weighted by Gasteiger charge is 2.39. The van der Waals surface area contributed by atoms with Crippen LogP contribution in [0.15, 0.2) is 30.3 Å². The largest absolute Gasteiger partial charge is 0.369 e. The van der Waals surface area contributed by atoms with Gasteiger partial charge in [0.1, 0.15) is 0 Å². The van der Waals surface area contributed by atoms with Crippen LogP contribution in [0.25, 0.3) is 0 Å². The van der Waals surface area contributed by atoms with Crippen molar-refractivity contribution in [3.63, 3.8) is 0 Å². The van der Waals surface area contributed by atoms with Gasteiger partial charge >= 0.3 is 0 Å². The molecule has 0 saturated carbocycles. The first kappa shape index (κ1) is 17.5. The Morgan fingerprint density at radius 3 is 2.36 bits per heavy atom. The molecule has 2 saturated heterocycles. The average Bonchev–Trinajstić information content (AvgIpc) is 3.03. The van der Waals surface area contributed by atoms with Gasteiger partial charge in [0.2, 0.25) is 17.7 Å². The molecule has 0 aromatic heterocycles. The highest BCUT2D eigenvalue weighted by molar-refractivity contribution is 5.89. The highest BCUT2D eigenvalue weighted by Crippen LogP contribution is 2.30. The molecule has 134 valence electrons. The van der Waals surface area contributed by atoms with Gasteiger partial charge in [-0.2, -0.15) is 0 Å². The van der Waals surface area contributed by atoms with Crippen molar-refractivity contribution >= 4 is 17.7 Å². The second-order valence-corrected chi connectivity index (χ2v) is 7.04. The second-order valence-electron chi connectivity index (χ2n) is 7.04. The normalized spacial score (nSPS) is 22.9. The first-order valence-corrected chi connectivity index (χ1v) is 8.90. The summed E-state index contributed by atoms with van der Waals surface area (Å²) >= 11 is 0. The third kappa shape index (κ3) is 3.67. The number of amides is 3. The number of carbonyl (C=O) groups excluding carboxylic acids is 3. The van der Waals surface area contributed by atoms with E-state index in [0.717, 1.165) is 5.56 Å². The molecular weight excluding hydrogens is 318 g/mol. The molecule has 0 bridgehead atoms. The molecule has 2 heterocycles. The molecule has 6 nitrogen and oxygen atoms in total. The summed E-state index contributed by atoms with van der Waals surface area (Å²) in [7, 11) is 0. The summed E-state index contributed by atoms with van der Waals surface area (Å²) in [6.07, 6.45) is 1.50. The minimum Gasteiger partial charge on any atom is -0.369 e. The SMILES string of the molecule is CC(c1ccccc1)N1CC(C(=O)N2CCC(C(N)=O)CC2)CC1=O. The molecule has 3 amide bonds. The van der Waals surface area contributed by atoms with Crippen LogP contribution in [0.4, 0.5) is 0 Å². The van der Waals surface area contributed by atoms with Gasteiger partial charge in [-0.05, 0) is 25.3 Å². The van der Waals surface area contributed by atoms with Crippen LogP contribution in [0.5, 0.6) is 0 Å². The third-order valence-electron chi connectivity index (χ3n) is 5.47. The molecule has 2 fully saturated rings. The molecule has 0 radical (unpaired) electrons. The summed E-state index contributed by atoms with van der Waals surface area (Å²) in [6, 6.07) is 9.83. The molecule has 0 spiro atoms. The lowest BCUT2D eigenvalue weighted by Crippen LogP contribution is -2.44. The number of piperidine rings is 1. The van der Waals surface area contributed by atoms with Crippen LogP contribution in [0.3, 0.4) is 0 Å². The molecular formula is C19H25N3O3. The van der Waals surface area contributed by atoms with E-state index in [1.807, 2.05) is 37.3 Å². The quantitative estimate of drug-likeness (QED) is 0.895. The second kappa shape index (κ2) is 7.25. The van der Waals surface area contributed by atoms with Gasteiger partial charge < -0.3 is 15.5 Å². The van der Waals surface area contributed by atoms with Crippen LogP contribution in [-0.2, 0) is 14.4 Å². The fraction of sp³-hybridized carbons (Fsp3) is 0.526. The van der Waals surface area contributed by atoms with Gasteiger partial charge in [0, 0.05) is 32.0 Å². The topological polar surface area (TPSA) is 83.7 Å². The molecule has 2 N–H and O–H groups in total. The van der Waals surface area contributed by atoms with Gasteiger partial charge in [-0.15, -0.1) is 0 Å². The number of carbonyl (C=O) groups is 3. The first-order valence-electron chi connectivity index (χ1n) is 8.90. The Labute approximate surface area is 148 Å². The minimum atomic E-state index is -0.288. The zero-order valence-electron chi connectivity index (χ0n) is 14.6.